The number of anilines is 4. The van der Waals surface area contributed by atoms with Crippen molar-refractivity contribution in [1.82, 2.24) is 14.6 Å². The van der Waals surface area contributed by atoms with Crippen LogP contribution in [-0.4, -0.2) is 47.5 Å². The second kappa shape index (κ2) is 9.11. The Morgan fingerprint density at radius 1 is 1.21 bits per heavy atom. The van der Waals surface area contributed by atoms with Gasteiger partial charge in [0.05, 0.1) is 36.9 Å². The standard InChI is InChI=1S/C21H28N6O2/c1-2-3-10-29-15-16-13-20-24-19(23-18-7-5-4-6-17(18)22)14-21(27(20)25-16)26-8-11-28-12-9-26/h4-7,13-14H,2-3,8-12,15,22H2,1H3,(H,23,24). The minimum atomic E-state index is 0.486. The molecule has 3 aromatic rings. The highest BCUT2D eigenvalue weighted by molar-refractivity contribution is 5.73. The summed E-state index contributed by atoms with van der Waals surface area (Å²) in [5, 5.41) is 8.09. The molecule has 1 fully saturated rings. The fourth-order valence-corrected chi connectivity index (χ4v) is 3.33. The number of ether oxygens (including phenoxy) is 2. The van der Waals surface area contributed by atoms with Gasteiger partial charge in [-0.3, -0.25) is 0 Å². The average molecular weight is 396 g/mol. The number of hydrogen-bond acceptors (Lipinski definition) is 7. The van der Waals surface area contributed by atoms with Gasteiger partial charge in [0.15, 0.2) is 5.65 Å². The molecule has 1 aliphatic heterocycles. The summed E-state index contributed by atoms with van der Waals surface area (Å²) in [6, 6.07) is 11.7. The molecule has 2 aromatic heterocycles. The number of unbranched alkanes of at least 4 members (excludes halogenated alkanes) is 1. The summed E-state index contributed by atoms with van der Waals surface area (Å²) in [6.07, 6.45) is 2.17. The van der Waals surface area contributed by atoms with Crippen LogP contribution in [0, 0.1) is 0 Å². The van der Waals surface area contributed by atoms with Crippen molar-refractivity contribution in [2.45, 2.75) is 26.4 Å². The number of hydrogen-bond donors (Lipinski definition) is 2. The minimum absolute atomic E-state index is 0.486. The Morgan fingerprint density at radius 3 is 2.83 bits per heavy atom. The fourth-order valence-electron chi connectivity index (χ4n) is 3.33. The molecule has 8 heteroatoms. The Balaban J connectivity index is 1.66. The van der Waals surface area contributed by atoms with E-state index < -0.39 is 0 Å². The molecule has 4 rings (SSSR count). The van der Waals surface area contributed by atoms with Gasteiger partial charge < -0.3 is 25.4 Å². The Morgan fingerprint density at radius 2 is 2.03 bits per heavy atom. The van der Waals surface area contributed by atoms with Gasteiger partial charge in [0.1, 0.15) is 11.6 Å². The Labute approximate surface area is 170 Å². The van der Waals surface area contributed by atoms with Gasteiger partial charge in [-0.15, -0.1) is 0 Å². The third-order valence-corrected chi connectivity index (χ3v) is 4.91. The lowest BCUT2D eigenvalue weighted by atomic mass is 10.2. The number of nitrogens with two attached hydrogens (primary N) is 1. The van der Waals surface area contributed by atoms with Crippen LogP contribution < -0.4 is 16.0 Å². The molecule has 1 saturated heterocycles. The maximum absolute atomic E-state index is 6.09. The average Bonchev–Trinajstić information content (AvgIpc) is 3.16. The lowest BCUT2D eigenvalue weighted by Gasteiger charge is -2.29. The molecule has 29 heavy (non-hydrogen) atoms. The number of rotatable bonds is 8. The van der Waals surface area contributed by atoms with Gasteiger partial charge in [-0.2, -0.15) is 9.61 Å². The summed E-state index contributed by atoms with van der Waals surface area (Å²) in [4.78, 5) is 7.02. The van der Waals surface area contributed by atoms with Gasteiger partial charge in [-0.05, 0) is 18.6 Å². The van der Waals surface area contributed by atoms with Crippen molar-refractivity contribution in [1.29, 1.82) is 0 Å². The quantitative estimate of drug-likeness (QED) is 0.446. The summed E-state index contributed by atoms with van der Waals surface area (Å²) in [5.74, 6) is 1.71. The van der Waals surface area contributed by atoms with E-state index in [0.29, 0.717) is 25.5 Å². The number of para-hydroxylation sites is 2. The molecule has 0 aliphatic carbocycles. The van der Waals surface area contributed by atoms with Crippen LogP contribution in [0.5, 0.6) is 0 Å². The van der Waals surface area contributed by atoms with E-state index in [1.165, 1.54) is 0 Å². The molecular formula is C21H28N6O2. The van der Waals surface area contributed by atoms with Gasteiger partial charge in [-0.1, -0.05) is 25.5 Å². The first-order valence-electron chi connectivity index (χ1n) is 10.2. The van der Waals surface area contributed by atoms with Gasteiger partial charge in [0, 0.05) is 31.8 Å². The van der Waals surface area contributed by atoms with Gasteiger partial charge in [-0.25, -0.2) is 4.98 Å². The molecule has 1 aromatic carbocycles. The molecule has 8 nitrogen and oxygen atoms in total. The first-order valence-corrected chi connectivity index (χ1v) is 10.2. The van der Waals surface area contributed by atoms with Gasteiger partial charge in [0.25, 0.3) is 0 Å². The first kappa shape index (κ1) is 19.5. The summed E-state index contributed by atoms with van der Waals surface area (Å²) < 4.78 is 13.2. The molecule has 154 valence electrons. The van der Waals surface area contributed by atoms with Crippen LogP contribution >= 0.6 is 0 Å². The maximum atomic E-state index is 6.09. The molecule has 0 unspecified atom stereocenters. The molecule has 0 radical (unpaired) electrons. The highest BCUT2D eigenvalue weighted by Crippen LogP contribution is 2.26. The Bertz CT molecular complexity index is 951. The van der Waals surface area contributed by atoms with E-state index in [0.717, 1.165) is 61.2 Å². The highest BCUT2D eigenvalue weighted by Gasteiger charge is 2.18. The third kappa shape index (κ3) is 4.60. The van der Waals surface area contributed by atoms with E-state index in [1.54, 1.807) is 0 Å². The van der Waals surface area contributed by atoms with E-state index in [2.05, 4.69) is 17.1 Å². The van der Waals surface area contributed by atoms with Crippen LogP contribution in [0.1, 0.15) is 25.5 Å². The van der Waals surface area contributed by atoms with Crippen molar-refractivity contribution in [2.24, 2.45) is 0 Å². The summed E-state index contributed by atoms with van der Waals surface area (Å²) >= 11 is 0. The molecule has 0 saturated carbocycles. The van der Waals surface area contributed by atoms with Crippen molar-refractivity contribution in [3.63, 3.8) is 0 Å². The van der Waals surface area contributed by atoms with E-state index in [4.69, 9.17) is 25.3 Å². The zero-order chi connectivity index (χ0) is 20.1. The largest absolute Gasteiger partial charge is 0.397 e. The van der Waals surface area contributed by atoms with E-state index >= 15 is 0 Å². The van der Waals surface area contributed by atoms with Gasteiger partial charge >= 0.3 is 0 Å². The Kier molecular flexibility index (Phi) is 6.12. The number of fused-ring (bicyclic) bond motifs is 1. The van der Waals surface area contributed by atoms with Crippen LogP contribution in [-0.2, 0) is 16.1 Å². The van der Waals surface area contributed by atoms with Crippen molar-refractivity contribution >= 4 is 28.7 Å². The molecule has 0 spiro atoms. The number of aromatic nitrogens is 3. The van der Waals surface area contributed by atoms with Crippen LogP contribution in [0.4, 0.5) is 23.0 Å². The molecule has 1 aliphatic rings. The van der Waals surface area contributed by atoms with Crippen LogP contribution in [0.15, 0.2) is 36.4 Å². The second-order valence-electron chi connectivity index (χ2n) is 7.12. The predicted octanol–water partition coefficient (Wildman–Crippen LogP) is 3.21. The smallest absolute Gasteiger partial charge is 0.160 e. The zero-order valence-corrected chi connectivity index (χ0v) is 16.8. The van der Waals surface area contributed by atoms with E-state index in [9.17, 15) is 0 Å². The topological polar surface area (TPSA) is 89.9 Å². The number of nitrogens with one attached hydrogen (secondary N) is 1. The van der Waals surface area contributed by atoms with Crippen molar-refractivity contribution < 1.29 is 9.47 Å². The van der Waals surface area contributed by atoms with Crippen LogP contribution in [0.25, 0.3) is 5.65 Å². The highest BCUT2D eigenvalue weighted by atomic mass is 16.5. The molecule has 3 heterocycles. The maximum Gasteiger partial charge on any atom is 0.160 e. The predicted molar refractivity (Wildman–Crippen MR) is 115 cm³/mol. The number of nitrogens with zero attached hydrogens (tertiary/aromatic N) is 4. The third-order valence-electron chi connectivity index (χ3n) is 4.91. The van der Waals surface area contributed by atoms with E-state index in [1.807, 2.05) is 40.9 Å². The number of benzene rings is 1. The monoisotopic (exact) mass is 396 g/mol. The second-order valence-corrected chi connectivity index (χ2v) is 7.12. The summed E-state index contributed by atoms with van der Waals surface area (Å²) in [7, 11) is 0. The lowest BCUT2D eigenvalue weighted by Crippen LogP contribution is -2.37. The zero-order valence-electron chi connectivity index (χ0n) is 16.8. The SMILES string of the molecule is CCCCOCc1cc2nc(Nc3ccccc3N)cc(N3CCOCC3)n2n1. The molecule has 3 N–H and O–H groups in total. The molecule has 0 atom stereocenters. The number of nitrogen functional groups attached to an aromatic ring is 1. The normalized spacial score (nSPS) is 14.4. The molecular weight excluding hydrogens is 368 g/mol. The summed E-state index contributed by atoms with van der Waals surface area (Å²) in [6.45, 7) is 6.41. The lowest BCUT2D eigenvalue weighted by molar-refractivity contribution is 0.115. The number of morpholine rings is 1. The van der Waals surface area contributed by atoms with Crippen molar-refractivity contribution in [3.8, 4) is 0 Å². The molecule has 0 amide bonds. The van der Waals surface area contributed by atoms with Crippen molar-refractivity contribution in [3.05, 3.63) is 42.1 Å². The van der Waals surface area contributed by atoms with Crippen LogP contribution in [0.2, 0.25) is 0 Å². The van der Waals surface area contributed by atoms with Crippen molar-refractivity contribution in [2.75, 3.05) is 48.9 Å². The van der Waals surface area contributed by atoms with Crippen LogP contribution in [0.3, 0.4) is 0 Å². The van der Waals surface area contributed by atoms with Gasteiger partial charge in [0.2, 0.25) is 0 Å². The Hall–Kier alpha value is -2.84. The minimum Gasteiger partial charge on any atom is -0.397 e. The fraction of sp³-hybridized carbons (Fsp3) is 0.429. The summed E-state index contributed by atoms with van der Waals surface area (Å²) in [5.41, 5.74) is 9.26. The molecule has 0 bridgehead atoms. The van der Waals surface area contributed by atoms with E-state index in [-0.39, 0.29) is 0 Å². The first-order chi connectivity index (χ1) is 14.2.